The van der Waals surface area contributed by atoms with Crippen LogP contribution in [0.5, 0.6) is 0 Å². The van der Waals surface area contributed by atoms with E-state index in [9.17, 15) is 5.11 Å². The van der Waals surface area contributed by atoms with Gasteiger partial charge in [0.05, 0.1) is 12.2 Å². The Balaban J connectivity index is 2.41. The molecule has 2 N–H and O–H groups in total. The summed E-state index contributed by atoms with van der Waals surface area (Å²) in [5, 5.41) is 14.1. The first kappa shape index (κ1) is 12.9. The molecule has 0 amide bonds. The lowest BCUT2D eigenvalue weighted by Gasteiger charge is -2.61. The summed E-state index contributed by atoms with van der Waals surface area (Å²) in [5.41, 5.74) is 0.333. The molecule has 2 fully saturated rings. The fourth-order valence-electron chi connectivity index (χ4n) is 3.95. The maximum atomic E-state index is 10.6. The minimum atomic E-state index is -0.412. The molecular weight excluding hydrogens is 214 g/mol. The second-order valence-electron chi connectivity index (χ2n) is 6.04. The summed E-state index contributed by atoms with van der Waals surface area (Å²) < 4.78 is 6.02. The van der Waals surface area contributed by atoms with Crippen molar-refractivity contribution in [3.63, 3.8) is 0 Å². The third-order valence-electron chi connectivity index (χ3n) is 4.84. The molecule has 5 atom stereocenters. The molecule has 2 heterocycles. The van der Waals surface area contributed by atoms with Crippen molar-refractivity contribution in [2.45, 2.75) is 64.4 Å². The summed E-state index contributed by atoms with van der Waals surface area (Å²) in [5.74, 6) is 0.490. The van der Waals surface area contributed by atoms with Crippen molar-refractivity contribution in [2.75, 3.05) is 0 Å². The van der Waals surface area contributed by atoms with Crippen LogP contribution in [0.1, 0.15) is 41.0 Å². The number of fused-ring (bicyclic) bond motifs is 1. The molecule has 17 heavy (non-hydrogen) atoms. The smallest absolute Gasteiger partial charge is 0.119 e. The summed E-state index contributed by atoms with van der Waals surface area (Å²) in [6.45, 7) is 14.5. The highest BCUT2D eigenvalue weighted by atomic mass is 16.6. The lowest BCUT2D eigenvalue weighted by atomic mass is 9.63. The molecule has 0 aromatic rings. The van der Waals surface area contributed by atoms with E-state index in [0.717, 1.165) is 12.1 Å². The van der Waals surface area contributed by atoms with Gasteiger partial charge in [0.1, 0.15) is 11.1 Å². The van der Waals surface area contributed by atoms with Crippen LogP contribution in [0.4, 0.5) is 0 Å². The first-order chi connectivity index (χ1) is 7.81. The van der Waals surface area contributed by atoms with Gasteiger partial charge in [-0.15, -0.1) is 0 Å². The van der Waals surface area contributed by atoms with Gasteiger partial charge in [0.25, 0.3) is 0 Å². The van der Waals surface area contributed by atoms with Gasteiger partial charge in [0, 0.05) is 11.6 Å². The SMILES string of the molecule is C=C1NC2(C(O)C(C)C)C(C)OC2(C)C1CC. The van der Waals surface area contributed by atoms with Crippen LogP contribution in [0.2, 0.25) is 0 Å². The van der Waals surface area contributed by atoms with E-state index in [1.807, 2.05) is 6.92 Å². The van der Waals surface area contributed by atoms with Crippen LogP contribution in [0.25, 0.3) is 0 Å². The molecule has 0 aromatic carbocycles. The van der Waals surface area contributed by atoms with Gasteiger partial charge in [-0.1, -0.05) is 27.4 Å². The molecular formula is C14H25NO2. The van der Waals surface area contributed by atoms with Gasteiger partial charge in [0.15, 0.2) is 0 Å². The predicted molar refractivity (Wildman–Crippen MR) is 68.6 cm³/mol. The Labute approximate surface area is 104 Å². The van der Waals surface area contributed by atoms with Gasteiger partial charge in [-0.2, -0.15) is 0 Å². The fourth-order valence-corrected chi connectivity index (χ4v) is 3.95. The van der Waals surface area contributed by atoms with E-state index in [2.05, 4.69) is 39.6 Å². The summed E-state index contributed by atoms with van der Waals surface area (Å²) in [6.07, 6.45) is 0.601. The standard InChI is InChI=1S/C14H25NO2/c1-7-11-9(4)15-14(12(16)8(2)3)10(5)17-13(11,14)6/h8,10-12,15-16H,4,7H2,1-3,5-6H3. The molecule has 0 bridgehead atoms. The van der Waals surface area contributed by atoms with Gasteiger partial charge in [-0.05, 0) is 26.2 Å². The van der Waals surface area contributed by atoms with Gasteiger partial charge >= 0.3 is 0 Å². The first-order valence-corrected chi connectivity index (χ1v) is 6.64. The van der Waals surface area contributed by atoms with Crippen molar-refractivity contribution in [1.82, 2.24) is 5.32 Å². The Morgan fingerprint density at radius 3 is 2.53 bits per heavy atom. The molecule has 2 aliphatic heterocycles. The molecule has 3 heteroatoms. The lowest BCUT2D eigenvalue weighted by Crippen LogP contribution is -2.80. The van der Waals surface area contributed by atoms with E-state index in [1.54, 1.807) is 0 Å². The van der Waals surface area contributed by atoms with Crippen molar-refractivity contribution < 1.29 is 9.84 Å². The Bertz CT molecular complexity index is 341. The Kier molecular flexibility index (Phi) is 2.83. The van der Waals surface area contributed by atoms with Crippen molar-refractivity contribution in [1.29, 1.82) is 0 Å². The number of rotatable bonds is 3. The minimum Gasteiger partial charge on any atom is -0.390 e. The van der Waals surface area contributed by atoms with Crippen LogP contribution >= 0.6 is 0 Å². The Morgan fingerprint density at radius 1 is 1.53 bits per heavy atom. The lowest BCUT2D eigenvalue weighted by molar-refractivity contribution is -0.297. The monoisotopic (exact) mass is 239 g/mol. The van der Waals surface area contributed by atoms with Crippen molar-refractivity contribution in [3.8, 4) is 0 Å². The normalized spacial score (nSPS) is 46.4. The van der Waals surface area contributed by atoms with Crippen molar-refractivity contribution in [3.05, 3.63) is 12.3 Å². The summed E-state index contributed by atoms with van der Waals surface area (Å²) in [7, 11) is 0. The highest BCUT2D eigenvalue weighted by molar-refractivity contribution is 5.34. The third kappa shape index (κ3) is 1.30. The highest BCUT2D eigenvalue weighted by Gasteiger charge is 2.73. The number of nitrogens with one attached hydrogen (secondary N) is 1. The molecule has 0 radical (unpaired) electrons. The third-order valence-corrected chi connectivity index (χ3v) is 4.84. The van der Waals surface area contributed by atoms with E-state index >= 15 is 0 Å². The zero-order valence-electron chi connectivity index (χ0n) is 11.6. The first-order valence-electron chi connectivity index (χ1n) is 6.64. The van der Waals surface area contributed by atoms with Crippen LogP contribution in [0.15, 0.2) is 12.3 Å². The molecule has 0 spiro atoms. The second-order valence-corrected chi connectivity index (χ2v) is 6.04. The summed E-state index contributed by atoms with van der Waals surface area (Å²) in [4.78, 5) is 0. The summed E-state index contributed by atoms with van der Waals surface area (Å²) >= 11 is 0. The highest BCUT2D eigenvalue weighted by Crippen LogP contribution is 2.57. The maximum Gasteiger partial charge on any atom is 0.119 e. The predicted octanol–water partition coefficient (Wildman–Crippen LogP) is 2.06. The van der Waals surface area contributed by atoms with Crippen LogP contribution in [-0.4, -0.2) is 28.5 Å². The van der Waals surface area contributed by atoms with Crippen LogP contribution in [-0.2, 0) is 4.74 Å². The average Bonchev–Trinajstić information content (AvgIpc) is 2.41. The topological polar surface area (TPSA) is 41.5 Å². The zero-order chi connectivity index (χ0) is 13.0. The molecule has 0 aliphatic carbocycles. The van der Waals surface area contributed by atoms with E-state index in [-0.39, 0.29) is 29.1 Å². The van der Waals surface area contributed by atoms with E-state index < -0.39 is 6.10 Å². The van der Waals surface area contributed by atoms with E-state index in [0.29, 0.717) is 0 Å². The Hall–Kier alpha value is -0.540. The zero-order valence-corrected chi connectivity index (χ0v) is 11.6. The number of aliphatic hydroxyl groups is 1. The summed E-state index contributed by atoms with van der Waals surface area (Å²) in [6, 6.07) is 0. The maximum absolute atomic E-state index is 10.6. The molecule has 0 aromatic heterocycles. The van der Waals surface area contributed by atoms with Crippen LogP contribution in [0.3, 0.4) is 0 Å². The molecule has 2 aliphatic rings. The molecule has 98 valence electrons. The van der Waals surface area contributed by atoms with Gasteiger partial charge < -0.3 is 15.2 Å². The molecule has 5 unspecified atom stereocenters. The van der Waals surface area contributed by atoms with Crippen LogP contribution in [0, 0.1) is 11.8 Å². The molecule has 2 rings (SSSR count). The molecule has 2 saturated heterocycles. The Morgan fingerprint density at radius 2 is 2.12 bits per heavy atom. The largest absolute Gasteiger partial charge is 0.390 e. The average molecular weight is 239 g/mol. The van der Waals surface area contributed by atoms with E-state index in [4.69, 9.17) is 4.74 Å². The van der Waals surface area contributed by atoms with E-state index in [1.165, 1.54) is 0 Å². The molecule has 3 nitrogen and oxygen atoms in total. The number of aliphatic hydroxyl groups excluding tert-OH is 1. The fraction of sp³-hybridized carbons (Fsp3) is 0.857. The van der Waals surface area contributed by atoms with Gasteiger partial charge in [-0.25, -0.2) is 0 Å². The number of hydrogen-bond donors (Lipinski definition) is 2. The second kappa shape index (κ2) is 3.72. The van der Waals surface area contributed by atoms with Gasteiger partial charge in [-0.3, -0.25) is 0 Å². The quantitative estimate of drug-likeness (QED) is 0.792. The number of ether oxygens (including phenoxy) is 1. The van der Waals surface area contributed by atoms with Crippen LogP contribution < -0.4 is 5.32 Å². The number of hydrogen-bond acceptors (Lipinski definition) is 3. The van der Waals surface area contributed by atoms with Crippen molar-refractivity contribution >= 4 is 0 Å². The minimum absolute atomic E-state index is 0.0261. The van der Waals surface area contributed by atoms with Gasteiger partial charge in [0.2, 0.25) is 0 Å². The van der Waals surface area contributed by atoms with Crippen molar-refractivity contribution in [2.24, 2.45) is 11.8 Å². The molecule has 0 saturated carbocycles.